The number of carbonyl (C=O) groups is 2. The van der Waals surface area contributed by atoms with Crippen LogP contribution in [-0.2, 0) is 0 Å². The Morgan fingerprint density at radius 2 is 2.03 bits per heavy atom. The Hall–Kier alpha value is -3.13. The predicted molar refractivity (Wildman–Crippen MR) is 117 cm³/mol. The topological polar surface area (TPSA) is 96.3 Å². The van der Waals surface area contributed by atoms with Gasteiger partial charge < -0.3 is 15.7 Å². The largest absolute Gasteiger partial charge is 0.507 e. The Morgan fingerprint density at radius 3 is 2.73 bits per heavy atom. The number of hydrogen-bond acceptors (Lipinski definition) is 5. The summed E-state index contributed by atoms with van der Waals surface area (Å²) in [5, 5.41) is 22.5. The lowest BCUT2D eigenvalue weighted by Gasteiger charge is -2.11. The van der Waals surface area contributed by atoms with Crippen LogP contribution in [0.3, 0.4) is 0 Å². The second-order valence-electron chi connectivity index (χ2n) is 7.35. The minimum Gasteiger partial charge on any atom is -0.507 e. The lowest BCUT2D eigenvalue weighted by molar-refractivity contribution is 0.103. The summed E-state index contributed by atoms with van der Waals surface area (Å²) in [7, 11) is 0. The summed E-state index contributed by atoms with van der Waals surface area (Å²) in [4.78, 5) is 25.5. The first-order valence-electron chi connectivity index (χ1n) is 10.1. The first-order valence-corrected chi connectivity index (χ1v) is 11.0. The summed E-state index contributed by atoms with van der Waals surface area (Å²) >= 11 is 1.36. The summed E-state index contributed by atoms with van der Waals surface area (Å²) in [5.74, 6) is 0.112. The third-order valence-electron chi connectivity index (χ3n) is 5.31. The Bertz CT molecular complexity index is 1050. The second kappa shape index (κ2) is 8.71. The van der Waals surface area contributed by atoms with E-state index in [0.717, 1.165) is 31.4 Å². The van der Waals surface area contributed by atoms with Crippen molar-refractivity contribution < 1.29 is 14.7 Å². The molecule has 7 nitrogen and oxygen atoms in total. The molecule has 8 heteroatoms. The maximum Gasteiger partial charge on any atom is 0.342 e. The van der Waals surface area contributed by atoms with E-state index < -0.39 is 0 Å². The highest BCUT2D eigenvalue weighted by atomic mass is 32.1. The fourth-order valence-corrected chi connectivity index (χ4v) is 4.47. The molecule has 0 aliphatic heterocycles. The van der Waals surface area contributed by atoms with Gasteiger partial charge in [0, 0.05) is 23.7 Å². The van der Waals surface area contributed by atoms with E-state index in [0.29, 0.717) is 28.4 Å². The van der Waals surface area contributed by atoms with E-state index >= 15 is 0 Å². The van der Waals surface area contributed by atoms with Crippen LogP contribution in [0.1, 0.15) is 53.9 Å². The van der Waals surface area contributed by atoms with Crippen LogP contribution in [0.5, 0.6) is 5.75 Å². The molecular weight excluding hydrogens is 400 g/mol. The molecule has 0 spiro atoms. The zero-order valence-corrected chi connectivity index (χ0v) is 17.5. The smallest absolute Gasteiger partial charge is 0.342 e. The lowest BCUT2D eigenvalue weighted by atomic mass is 10.0. The number of carbonyl (C=O) groups excluding carboxylic acids is 2. The predicted octanol–water partition coefficient (Wildman–Crippen LogP) is 4.80. The van der Waals surface area contributed by atoms with Crippen LogP contribution in [-0.4, -0.2) is 33.4 Å². The molecule has 30 heavy (non-hydrogen) atoms. The average Bonchev–Trinajstić information content (AvgIpc) is 3.49. The fraction of sp³-hybridized carbons (Fsp3) is 0.318. The van der Waals surface area contributed by atoms with Gasteiger partial charge in [-0.1, -0.05) is 18.9 Å². The molecule has 2 heterocycles. The summed E-state index contributed by atoms with van der Waals surface area (Å²) < 4.78 is 1.42. The van der Waals surface area contributed by atoms with Crippen LogP contribution in [0.2, 0.25) is 0 Å². The van der Waals surface area contributed by atoms with E-state index in [-0.39, 0.29) is 23.6 Å². The van der Waals surface area contributed by atoms with Crippen molar-refractivity contribution in [1.29, 1.82) is 0 Å². The number of hydrogen-bond donors (Lipinski definition) is 3. The molecule has 3 aromatic rings. The summed E-state index contributed by atoms with van der Waals surface area (Å²) in [6.07, 6.45) is 4.31. The second-order valence-corrected chi connectivity index (χ2v) is 8.29. The van der Waals surface area contributed by atoms with Crippen molar-refractivity contribution in [2.24, 2.45) is 0 Å². The first kappa shape index (κ1) is 20.2. The van der Waals surface area contributed by atoms with Crippen molar-refractivity contribution in [2.45, 2.75) is 38.5 Å². The molecule has 4 rings (SSSR count). The van der Waals surface area contributed by atoms with Crippen LogP contribution < -0.4 is 10.6 Å². The highest BCUT2D eigenvalue weighted by molar-refractivity contribution is 7.12. The number of rotatable bonds is 5. The Balaban J connectivity index is 1.68. The van der Waals surface area contributed by atoms with Crippen molar-refractivity contribution in [2.75, 3.05) is 11.9 Å². The standard InChI is InChI=1S/C22H24N4O3S/c1-2-23-22(29)26-18(14-6-3-4-7-14)13-17(25-26)16-12-15(9-10-19(16)27)24-21(28)20-8-5-11-30-20/h5,8-14,27H,2-4,6-7H2,1H3,(H,23,29)(H,24,28). The molecule has 0 bridgehead atoms. The van der Waals surface area contributed by atoms with Gasteiger partial charge in [-0.3, -0.25) is 4.79 Å². The number of aromatic nitrogens is 2. The molecule has 0 radical (unpaired) electrons. The number of amides is 2. The Morgan fingerprint density at radius 1 is 1.23 bits per heavy atom. The van der Waals surface area contributed by atoms with Gasteiger partial charge in [0.25, 0.3) is 5.91 Å². The summed E-state index contributed by atoms with van der Waals surface area (Å²) in [5.41, 5.74) is 2.39. The van der Waals surface area contributed by atoms with Crippen LogP contribution in [0.4, 0.5) is 10.5 Å². The van der Waals surface area contributed by atoms with Gasteiger partial charge in [0.05, 0.1) is 16.3 Å². The SMILES string of the molecule is CCNC(=O)n1nc(-c2cc(NC(=O)c3cccs3)ccc2O)cc1C1CCCC1. The first-order chi connectivity index (χ1) is 14.6. The number of benzene rings is 1. The maximum absolute atomic E-state index is 12.6. The molecule has 1 aromatic carbocycles. The third kappa shape index (κ3) is 4.09. The van der Waals surface area contributed by atoms with E-state index in [4.69, 9.17) is 0 Å². The molecule has 1 fully saturated rings. The van der Waals surface area contributed by atoms with Gasteiger partial charge >= 0.3 is 6.03 Å². The zero-order valence-electron chi connectivity index (χ0n) is 16.7. The molecule has 0 atom stereocenters. The van der Waals surface area contributed by atoms with Crippen molar-refractivity contribution in [3.63, 3.8) is 0 Å². The van der Waals surface area contributed by atoms with Gasteiger partial charge in [0.2, 0.25) is 0 Å². The molecule has 2 aromatic heterocycles. The number of phenols is 1. The molecule has 1 aliphatic rings. The molecule has 156 valence electrons. The molecule has 0 unspecified atom stereocenters. The molecular formula is C22H24N4O3S. The highest BCUT2D eigenvalue weighted by Crippen LogP contribution is 2.38. The highest BCUT2D eigenvalue weighted by Gasteiger charge is 2.26. The molecule has 3 N–H and O–H groups in total. The van der Waals surface area contributed by atoms with E-state index in [1.165, 1.54) is 22.1 Å². The number of nitrogens with one attached hydrogen (secondary N) is 2. The van der Waals surface area contributed by atoms with Gasteiger partial charge in [-0.15, -0.1) is 11.3 Å². The van der Waals surface area contributed by atoms with Crippen molar-refractivity contribution in [1.82, 2.24) is 15.1 Å². The van der Waals surface area contributed by atoms with Crippen molar-refractivity contribution in [3.8, 4) is 17.0 Å². The number of anilines is 1. The minimum atomic E-state index is -0.271. The van der Waals surface area contributed by atoms with E-state index in [2.05, 4.69) is 15.7 Å². The van der Waals surface area contributed by atoms with Gasteiger partial charge in [0.15, 0.2) is 0 Å². The van der Waals surface area contributed by atoms with Gasteiger partial charge in [-0.05, 0) is 55.5 Å². The Labute approximate surface area is 178 Å². The fourth-order valence-electron chi connectivity index (χ4n) is 3.85. The summed E-state index contributed by atoms with van der Waals surface area (Å²) in [6, 6.07) is 10.0. The summed E-state index contributed by atoms with van der Waals surface area (Å²) in [6.45, 7) is 2.37. The zero-order chi connectivity index (χ0) is 21.1. The minimum absolute atomic E-state index is 0.0441. The normalized spacial score (nSPS) is 14.0. The monoisotopic (exact) mass is 424 g/mol. The molecule has 0 saturated heterocycles. The van der Waals surface area contributed by atoms with Crippen LogP contribution in [0.15, 0.2) is 41.8 Å². The van der Waals surface area contributed by atoms with Crippen LogP contribution in [0, 0.1) is 0 Å². The Kier molecular flexibility index (Phi) is 5.85. The molecule has 1 saturated carbocycles. The van der Waals surface area contributed by atoms with Gasteiger partial charge in [-0.25, -0.2) is 4.79 Å². The number of aromatic hydroxyl groups is 1. The average molecular weight is 425 g/mol. The van der Waals surface area contributed by atoms with Crippen LogP contribution >= 0.6 is 11.3 Å². The van der Waals surface area contributed by atoms with Gasteiger partial charge in [0.1, 0.15) is 5.75 Å². The van der Waals surface area contributed by atoms with E-state index in [9.17, 15) is 14.7 Å². The molecule has 2 amide bonds. The third-order valence-corrected chi connectivity index (χ3v) is 6.17. The molecule has 1 aliphatic carbocycles. The van der Waals surface area contributed by atoms with E-state index in [1.54, 1.807) is 18.2 Å². The van der Waals surface area contributed by atoms with Crippen LogP contribution in [0.25, 0.3) is 11.3 Å². The van der Waals surface area contributed by atoms with Gasteiger partial charge in [-0.2, -0.15) is 9.78 Å². The van der Waals surface area contributed by atoms with Crippen molar-refractivity contribution >= 4 is 29.0 Å². The van der Waals surface area contributed by atoms with E-state index in [1.807, 2.05) is 24.4 Å². The maximum atomic E-state index is 12.6. The lowest BCUT2D eigenvalue weighted by Crippen LogP contribution is -2.30. The number of thiophene rings is 1. The number of phenolic OH excluding ortho intramolecular Hbond substituents is 1. The quantitative estimate of drug-likeness (QED) is 0.512. The van der Waals surface area contributed by atoms with Crippen molar-refractivity contribution in [3.05, 3.63) is 52.3 Å². The number of nitrogens with zero attached hydrogens (tertiary/aromatic N) is 2.